The number of carbonyl (C=O) groups is 1. The number of benzene rings is 3. The van der Waals surface area contributed by atoms with Gasteiger partial charge in [0.05, 0.1) is 5.56 Å². The summed E-state index contributed by atoms with van der Waals surface area (Å²) in [6.45, 7) is 1.79. The Morgan fingerprint density at radius 3 is 2.61 bits per heavy atom. The van der Waals surface area contributed by atoms with Gasteiger partial charge < -0.3 is 18.4 Å². The van der Waals surface area contributed by atoms with Gasteiger partial charge in [-0.3, -0.25) is 0 Å². The maximum atomic E-state index is 12.6. The normalized spacial score (nSPS) is 11.1. The zero-order chi connectivity index (χ0) is 22.8. The van der Waals surface area contributed by atoms with E-state index in [1.165, 1.54) is 6.07 Å². The van der Waals surface area contributed by atoms with E-state index >= 15 is 0 Å². The van der Waals surface area contributed by atoms with E-state index in [1.807, 2.05) is 30.3 Å². The number of ether oxygens (including phenoxy) is 2. The first-order chi connectivity index (χ1) is 16.1. The Morgan fingerprint density at radius 2 is 1.82 bits per heavy atom. The molecule has 0 atom stereocenters. The van der Waals surface area contributed by atoms with Gasteiger partial charge in [0.2, 0.25) is 11.7 Å². The first-order valence-electron chi connectivity index (χ1n) is 10.2. The molecule has 0 spiro atoms. The van der Waals surface area contributed by atoms with Crippen LogP contribution in [0, 0.1) is 6.92 Å². The molecule has 5 rings (SSSR count). The highest BCUT2D eigenvalue weighted by molar-refractivity contribution is 6.07. The number of esters is 1. The number of aromatic nitrogens is 2. The second-order valence-electron chi connectivity index (χ2n) is 7.37. The number of fused-ring (bicyclic) bond motifs is 3. The van der Waals surface area contributed by atoms with Crippen molar-refractivity contribution in [1.29, 1.82) is 0 Å². The third kappa shape index (κ3) is 4.31. The van der Waals surface area contributed by atoms with Crippen molar-refractivity contribution in [3.63, 3.8) is 0 Å². The lowest BCUT2D eigenvalue weighted by Gasteiger charge is -2.10. The Balaban J connectivity index is 1.32. The van der Waals surface area contributed by atoms with Crippen LogP contribution in [-0.4, -0.2) is 16.1 Å². The van der Waals surface area contributed by atoms with E-state index in [-0.39, 0.29) is 13.2 Å². The standard InChI is InChI=1S/C25H18N2O6/c1-15-26-22(27-33-15)14-30-19-9-6-17(7-10-19)25(29)31-13-18-12-23(28)32-21-11-8-16-4-2-3-5-20(16)24(18)21/h2-12H,13-14H2,1H3. The molecule has 0 aliphatic heterocycles. The van der Waals surface area contributed by atoms with E-state index in [2.05, 4.69) is 10.1 Å². The van der Waals surface area contributed by atoms with Gasteiger partial charge in [0.25, 0.3) is 0 Å². The molecular weight excluding hydrogens is 424 g/mol. The van der Waals surface area contributed by atoms with Crippen molar-refractivity contribution in [1.82, 2.24) is 10.1 Å². The van der Waals surface area contributed by atoms with Gasteiger partial charge in [-0.15, -0.1) is 0 Å². The number of nitrogens with zero attached hydrogens (tertiary/aromatic N) is 2. The third-order valence-corrected chi connectivity index (χ3v) is 5.10. The molecule has 8 heteroatoms. The van der Waals surface area contributed by atoms with Gasteiger partial charge in [-0.1, -0.05) is 35.5 Å². The quantitative estimate of drug-likeness (QED) is 0.214. The molecule has 0 aliphatic rings. The van der Waals surface area contributed by atoms with E-state index in [1.54, 1.807) is 37.3 Å². The Hall–Kier alpha value is -4.46. The SMILES string of the molecule is Cc1nc(COc2ccc(C(=O)OCc3cc(=O)oc4ccc5ccccc5c34)cc2)no1. The molecule has 5 aromatic rings. The van der Waals surface area contributed by atoms with Gasteiger partial charge in [0.1, 0.15) is 17.9 Å². The fraction of sp³-hybridized carbons (Fsp3) is 0.120. The molecule has 2 heterocycles. The minimum atomic E-state index is -0.517. The van der Waals surface area contributed by atoms with E-state index < -0.39 is 11.6 Å². The van der Waals surface area contributed by atoms with Gasteiger partial charge in [-0.05, 0) is 41.1 Å². The highest BCUT2D eigenvalue weighted by atomic mass is 16.5. The highest BCUT2D eigenvalue weighted by Gasteiger charge is 2.13. The monoisotopic (exact) mass is 442 g/mol. The topological polar surface area (TPSA) is 105 Å². The van der Waals surface area contributed by atoms with Crippen molar-refractivity contribution in [3.8, 4) is 5.75 Å². The van der Waals surface area contributed by atoms with Gasteiger partial charge in [0.15, 0.2) is 6.61 Å². The molecule has 164 valence electrons. The summed E-state index contributed by atoms with van der Waals surface area (Å²) in [5.41, 5.74) is 0.893. The van der Waals surface area contributed by atoms with Gasteiger partial charge in [-0.2, -0.15) is 4.98 Å². The predicted octanol–water partition coefficient (Wildman–Crippen LogP) is 4.57. The lowest BCUT2D eigenvalue weighted by molar-refractivity contribution is 0.0474. The smallest absolute Gasteiger partial charge is 0.338 e. The summed E-state index contributed by atoms with van der Waals surface area (Å²) in [7, 11) is 0. The van der Waals surface area contributed by atoms with E-state index in [0.717, 1.165) is 16.2 Å². The van der Waals surface area contributed by atoms with Crippen molar-refractivity contribution >= 4 is 27.7 Å². The zero-order valence-electron chi connectivity index (χ0n) is 17.6. The minimum absolute atomic E-state index is 0.0651. The lowest BCUT2D eigenvalue weighted by atomic mass is 10.0. The first-order valence-corrected chi connectivity index (χ1v) is 10.2. The summed E-state index contributed by atoms with van der Waals surface area (Å²) in [5, 5.41) is 6.43. The van der Waals surface area contributed by atoms with E-state index in [4.69, 9.17) is 18.4 Å². The third-order valence-electron chi connectivity index (χ3n) is 5.10. The number of aryl methyl sites for hydroxylation is 1. The molecule has 0 radical (unpaired) electrons. The van der Waals surface area contributed by atoms with Gasteiger partial charge >= 0.3 is 11.6 Å². The van der Waals surface area contributed by atoms with Crippen LogP contribution < -0.4 is 10.4 Å². The molecule has 0 unspecified atom stereocenters. The molecule has 0 fully saturated rings. The lowest BCUT2D eigenvalue weighted by Crippen LogP contribution is -2.08. The summed E-state index contributed by atoms with van der Waals surface area (Å²) >= 11 is 0. The predicted molar refractivity (Wildman–Crippen MR) is 119 cm³/mol. The second kappa shape index (κ2) is 8.58. The number of carbonyl (C=O) groups excluding carboxylic acids is 1. The van der Waals surface area contributed by atoms with Crippen LogP contribution in [0.1, 0.15) is 27.6 Å². The van der Waals surface area contributed by atoms with Crippen molar-refractivity contribution in [2.75, 3.05) is 0 Å². The summed E-state index contributed by atoms with van der Waals surface area (Å²) in [6.07, 6.45) is 0. The maximum Gasteiger partial charge on any atom is 0.338 e. The largest absolute Gasteiger partial charge is 0.485 e. The van der Waals surface area contributed by atoms with E-state index in [9.17, 15) is 9.59 Å². The first kappa shape index (κ1) is 20.4. The van der Waals surface area contributed by atoms with Crippen LogP contribution >= 0.6 is 0 Å². The van der Waals surface area contributed by atoms with Crippen molar-refractivity contribution < 1.29 is 23.2 Å². The fourth-order valence-electron chi connectivity index (χ4n) is 3.60. The Labute approximate surface area is 187 Å². The fourth-order valence-corrected chi connectivity index (χ4v) is 3.60. The van der Waals surface area contributed by atoms with Crippen molar-refractivity contribution in [2.24, 2.45) is 0 Å². The summed E-state index contributed by atoms with van der Waals surface area (Å²) in [6, 6.07) is 19.3. The number of hydrogen-bond acceptors (Lipinski definition) is 8. The van der Waals surface area contributed by atoms with Crippen LogP contribution in [0.2, 0.25) is 0 Å². The second-order valence-corrected chi connectivity index (χ2v) is 7.37. The van der Waals surface area contributed by atoms with Crippen molar-refractivity contribution in [3.05, 3.63) is 100.0 Å². The summed E-state index contributed by atoms with van der Waals surface area (Å²) < 4.78 is 21.3. The molecule has 0 bridgehead atoms. The Morgan fingerprint density at radius 1 is 1.00 bits per heavy atom. The molecule has 2 aromatic heterocycles. The van der Waals surface area contributed by atoms with Crippen LogP contribution in [0.25, 0.3) is 21.7 Å². The van der Waals surface area contributed by atoms with Crippen LogP contribution in [0.3, 0.4) is 0 Å². The molecule has 3 aromatic carbocycles. The van der Waals surface area contributed by atoms with Gasteiger partial charge in [-0.25, -0.2) is 9.59 Å². The van der Waals surface area contributed by atoms with Crippen LogP contribution in [0.4, 0.5) is 0 Å². The Bertz CT molecular complexity index is 1520. The highest BCUT2D eigenvalue weighted by Crippen LogP contribution is 2.28. The average Bonchev–Trinajstić information content (AvgIpc) is 3.26. The van der Waals surface area contributed by atoms with Crippen LogP contribution in [0.15, 0.2) is 80.5 Å². The average molecular weight is 442 g/mol. The molecule has 0 N–H and O–H groups in total. The molecule has 8 nitrogen and oxygen atoms in total. The zero-order valence-corrected chi connectivity index (χ0v) is 17.6. The maximum absolute atomic E-state index is 12.6. The summed E-state index contributed by atoms with van der Waals surface area (Å²) in [4.78, 5) is 28.7. The Kier molecular flexibility index (Phi) is 5.32. The number of hydrogen-bond donors (Lipinski definition) is 0. The van der Waals surface area contributed by atoms with Crippen LogP contribution in [-0.2, 0) is 18.0 Å². The van der Waals surface area contributed by atoms with E-state index in [0.29, 0.717) is 34.2 Å². The molecule has 0 amide bonds. The molecular formula is C25H18N2O6. The molecule has 33 heavy (non-hydrogen) atoms. The van der Waals surface area contributed by atoms with Crippen LogP contribution in [0.5, 0.6) is 5.75 Å². The minimum Gasteiger partial charge on any atom is -0.485 e. The molecule has 0 saturated carbocycles. The van der Waals surface area contributed by atoms with Crippen molar-refractivity contribution in [2.45, 2.75) is 20.1 Å². The molecule has 0 saturated heterocycles. The van der Waals surface area contributed by atoms with Gasteiger partial charge in [0, 0.05) is 23.9 Å². The molecule has 0 aliphatic carbocycles. The summed E-state index contributed by atoms with van der Waals surface area (Å²) in [5.74, 6) is 0.927. The number of rotatable bonds is 6.